The van der Waals surface area contributed by atoms with Crippen molar-refractivity contribution in [3.05, 3.63) is 0 Å². The Hall–Kier alpha value is -0.570. The van der Waals surface area contributed by atoms with E-state index in [0.717, 1.165) is 25.3 Å². The van der Waals surface area contributed by atoms with Crippen molar-refractivity contribution in [3.63, 3.8) is 0 Å². The molecule has 0 aromatic rings. The van der Waals surface area contributed by atoms with Gasteiger partial charge in [-0.25, -0.2) is 0 Å². The summed E-state index contributed by atoms with van der Waals surface area (Å²) in [5.74, 6) is 1.00. The summed E-state index contributed by atoms with van der Waals surface area (Å²) in [7, 11) is 0. The van der Waals surface area contributed by atoms with Crippen molar-refractivity contribution in [1.29, 1.82) is 0 Å². The molecule has 1 aliphatic heterocycles. The molecular weight excluding hydrogens is 248 g/mol. The molecule has 2 fully saturated rings. The summed E-state index contributed by atoms with van der Waals surface area (Å²) >= 11 is 0. The lowest BCUT2D eigenvalue weighted by atomic mass is 9.83. The zero-order chi connectivity index (χ0) is 14.2. The molecule has 0 bridgehead atoms. The summed E-state index contributed by atoms with van der Waals surface area (Å²) in [5, 5.41) is 6.83. The van der Waals surface area contributed by atoms with Crippen molar-refractivity contribution >= 4 is 5.91 Å². The van der Waals surface area contributed by atoms with Gasteiger partial charge in [0.05, 0.1) is 0 Å². The van der Waals surface area contributed by atoms with Crippen LogP contribution in [0.5, 0.6) is 0 Å². The molecule has 0 aromatic carbocycles. The topological polar surface area (TPSA) is 41.1 Å². The highest BCUT2D eigenvalue weighted by atomic mass is 16.1. The van der Waals surface area contributed by atoms with Gasteiger partial charge in [-0.15, -0.1) is 0 Å². The molecule has 3 nitrogen and oxygen atoms in total. The predicted octanol–water partition coefficient (Wildman–Crippen LogP) is 3.38. The SMILES string of the molecule is CCC(NC(=O)CCC1CCCCN1)C1CCCCC1. The van der Waals surface area contributed by atoms with E-state index in [2.05, 4.69) is 17.6 Å². The summed E-state index contributed by atoms with van der Waals surface area (Å²) in [6.45, 7) is 3.34. The highest BCUT2D eigenvalue weighted by Gasteiger charge is 2.24. The molecule has 2 N–H and O–H groups in total. The van der Waals surface area contributed by atoms with Gasteiger partial charge in [-0.1, -0.05) is 32.6 Å². The van der Waals surface area contributed by atoms with E-state index in [1.165, 1.54) is 51.4 Å². The van der Waals surface area contributed by atoms with Gasteiger partial charge in [-0.3, -0.25) is 4.79 Å². The van der Waals surface area contributed by atoms with Crippen LogP contribution in [-0.4, -0.2) is 24.5 Å². The van der Waals surface area contributed by atoms with Crippen molar-refractivity contribution in [3.8, 4) is 0 Å². The first-order valence-electron chi connectivity index (χ1n) is 8.82. The largest absolute Gasteiger partial charge is 0.353 e. The average molecular weight is 280 g/mol. The molecule has 0 spiro atoms. The maximum absolute atomic E-state index is 12.2. The lowest BCUT2D eigenvalue weighted by Gasteiger charge is -2.30. The van der Waals surface area contributed by atoms with Gasteiger partial charge >= 0.3 is 0 Å². The van der Waals surface area contributed by atoms with Crippen LogP contribution in [-0.2, 0) is 4.79 Å². The van der Waals surface area contributed by atoms with Crippen LogP contribution in [0, 0.1) is 5.92 Å². The zero-order valence-electron chi connectivity index (χ0n) is 13.1. The molecule has 0 radical (unpaired) electrons. The fourth-order valence-corrected chi connectivity index (χ4v) is 3.84. The van der Waals surface area contributed by atoms with Crippen LogP contribution in [0.4, 0.5) is 0 Å². The second kappa shape index (κ2) is 8.66. The molecular formula is C17H32N2O. The molecule has 2 rings (SSSR count). The van der Waals surface area contributed by atoms with E-state index in [0.29, 0.717) is 18.5 Å². The normalized spacial score (nSPS) is 26.1. The Labute approximate surface area is 124 Å². The highest BCUT2D eigenvalue weighted by molar-refractivity contribution is 5.76. The monoisotopic (exact) mass is 280 g/mol. The van der Waals surface area contributed by atoms with E-state index in [1.54, 1.807) is 0 Å². The van der Waals surface area contributed by atoms with Crippen molar-refractivity contribution < 1.29 is 4.79 Å². The third-order valence-corrected chi connectivity index (χ3v) is 5.14. The molecule has 2 atom stereocenters. The number of hydrogen-bond acceptors (Lipinski definition) is 2. The quantitative estimate of drug-likeness (QED) is 0.783. The van der Waals surface area contributed by atoms with Crippen LogP contribution < -0.4 is 10.6 Å². The number of nitrogens with one attached hydrogen (secondary N) is 2. The minimum atomic E-state index is 0.273. The van der Waals surface area contributed by atoms with Gasteiger partial charge in [0.15, 0.2) is 0 Å². The van der Waals surface area contributed by atoms with Crippen LogP contribution in [0.25, 0.3) is 0 Å². The van der Waals surface area contributed by atoms with Gasteiger partial charge in [0, 0.05) is 18.5 Å². The molecule has 1 aliphatic carbocycles. The summed E-state index contributed by atoms with van der Waals surface area (Å²) in [6.07, 6.45) is 13.3. The molecule has 1 amide bonds. The predicted molar refractivity (Wildman–Crippen MR) is 83.7 cm³/mol. The Morgan fingerprint density at radius 1 is 1.15 bits per heavy atom. The third kappa shape index (κ3) is 5.08. The molecule has 1 saturated carbocycles. The molecule has 3 heteroatoms. The highest BCUT2D eigenvalue weighted by Crippen LogP contribution is 2.27. The number of amides is 1. The van der Waals surface area contributed by atoms with Crippen LogP contribution in [0.1, 0.15) is 77.6 Å². The second-order valence-electron chi connectivity index (χ2n) is 6.67. The first-order valence-corrected chi connectivity index (χ1v) is 8.82. The van der Waals surface area contributed by atoms with Crippen molar-refractivity contribution in [2.24, 2.45) is 5.92 Å². The Bertz CT molecular complexity index is 281. The van der Waals surface area contributed by atoms with Gasteiger partial charge in [-0.2, -0.15) is 0 Å². The maximum atomic E-state index is 12.2. The minimum absolute atomic E-state index is 0.273. The third-order valence-electron chi connectivity index (χ3n) is 5.14. The lowest BCUT2D eigenvalue weighted by molar-refractivity contribution is -0.122. The second-order valence-corrected chi connectivity index (χ2v) is 6.67. The van der Waals surface area contributed by atoms with E-state index in [-0.39, 0.29) is 5.91 Å². The van der Waals surface area contributed by atoms with Crippen LogP contribution >= 0.6 is 0 Å². The first kappa shape index (κ1) is 15.8. The minimum Gasteiger partial charge on any atom is -0.353 e. The number of hydrogen-bond donors (Lipinski definition) is 2. The summed E-state index contributed by atoms with van der Waals surface area (Å²) < 4.78 is 0. The van der Waals surface area contributed by atoms with E-state index in [4.69, 9.17) is 0 Å². The Kier molecular flexibility index (Phi) is 6.85. The number of carbonyl (C=O) groups excluding carboxylic acids is 1. The van der Waals surface area contributed by atoms with Crippen molar-refractivity contribution in [2.75, 3.05) is 6.54 Å². The van der Waals surface area contributed by atoms with Gasteiger partial charge in [0.2, 0.25) is 5.91 Å². The van der Waals surface area contributed by atoms with Gasteiger partial charge in [0.1, 0.15) is 0 Å². The molecule has 116 valence electrons. The number of piperidine rings is 1. The molecule has 0 aromatic heterocycles. The van der Waals surface area contributed by atoms with Crippen molar-refractivity contribution in [1.82, 2.24) is 10.6 Å². The molecule has 1 heterocycles. The summed E-state index contributed by atoms with van der Waals surface area (Å²) in [6, 6.07) is 0.992. The van der Waals surface area contributed by atoms with E-state index >= 15 is 0 Å². The molecule has 20 heavy (non-hydrogen) atoms. The Morgan fingerprint density at radius 3 is 2.55 bits per heavy atom. The fraction of sp³-hybridized carbons (Fsp3) is 0.941. The van der Waals surface area contributed by atoms with Crippen LogP contribution in [0.3, 0.4) is 0 Å². The average Bonchev–Trinajstić information content (AvgIpc) is 2.52. The van der Waals surface area contributed by atoms with Crippen molar-refractivity contribution in [2.45, 2.75) is 89.6 Å². The molecule has 2 unspecified atom stereocenters. The lowest BCUT2D eigenvalue weighted by Crippen LogP contribution is -2.41. The standard InChI is InChI=1S/C17H32N2O/c1-2-16(14-8-4-3-5-9-14)19-17(20)12-11-15-10-6-7-13-18-15/h14-16,18H,2-13H2,1H3,(H,19,20). The Balaban J connectivity index is 1.68. The zero-order valence-corrected chi connectivity index (χ0v) is 13.1. The summed E-state index contributed by atoms with van der Waals surface area (Å²) in [5.41, 5.74) is 0. The number of carbonyl (C=O) groups is 1. The van der Waals surface area contributed by atoms with E-state index < -0.39 is 0 Å². The Morgan fingerprint density at radius 2 is 1.90 bits per heavy atom. The smallest absolute Gasteiger partial charge is 0.220 e. The summed E-state index contributed by atoms with van der Waals surface area (Å²) in [4.78, 5) is 12.2. The maximum Gasteiger partial charge on any atom is 0.220 e. The number of rotatable bonds is 6. The van der Waals surface area contributed by atoms with E-state index in [1.807, 2.05) is 0 Å². The molecule has 2 aliphatic rings. The van der Waals surface area contributed by atoms with Gasteiger partial charge in [-0.05, 0) is 51.0 Å². The first-order chi connectivity index (χ1) is 9.79. The van der Waals surface area contributed by atoms with Gasteiger partial charge < -0.3 is 10.6 Å². The van der Waals surface area contributed by atoms with Gasteiger partial charge in [0.25, 0.3) is 0 Å². The molecule has 1 saturated heterocycles. The van der Waals surface area contributed by atoms with E-state index in [9.17, 15) is 4.79 Å². The van der Waals surface area contributed by atoms with Crippen LogP contribution in [0.2, 0.25) is 0 Å². The van der Waals surface area contributed by atoms with Crippen LogP contribution in [0.15, 0.2) is 0 Å². The fourth-order valence-electron chi connectivity index (χ4n) is 3.84.